The molecule has 5 nitrogen and oxygen atoms in total. The third-order valence-corrected chi connectivity index (χ3v) is 1.36. The lowest BCUT2D eigenvalue weighted by Crippen LogP contribution is -2.06. The van der Waals surface area contributed by atoms with E-state index in [1.54, 1.807) is 0 Å². The van der Waals surface area contributed by atoms with E-state index in [-0.39, 0.29) is 6.07 Å². The molecule has 1 N–H and O–H groups in total. The van der Waals surface area contributed by atoms with Crippen LogP contribution < -0.4 is 0 Å². The lowest BCUT2D eigenvalue weighted by atomic mass is 10.2. The molecule has 0 aliphatic carbocycles. The molecule has 0 unspecified atom stereocenters. The Hall–Kier alpha value is -1.86. The number of hydrogen-bond acceptors (Lipinski definition) is 4. The predicted molar refractivity (Wildman–Crippen MR) is 37.6 cm³/mol. The van der Waals surface area contributed by atoms with Gasteiger partial charge in [-0.05, 0) is 9.91 Å². The van der Waals surface area contributed by atoms with E-state index in [0.29, 0.717) is 6.20 Å². The van der Waals surface area contributed by atoms with Gasteiger partial charge in [-0.2, -0.15) is 13.2 Å². The minimum atomic E-state index is -4.84. The second kappa shape index (κ2) is 3.13. The molecule has 0 aliphatic heterocycles. The van der Waals surface area contributed by atoms with Crippen molar-refractivity contribution in [2.24, 2.45) is 0 Å². The molecular weight excluding hydrogens is 205 g/mol. The van der Waals surface area contributed by atoms with Gasteiger partial charge in [0.25, 0.3) is 0 Å². The summed E-state index contributed by atoms with van der Waals surface area (Å²) in [4.78, 5) is 12.0. The predicted octanol–water partition coefficient (Wildman–Crippen LogP) is 1.71. The van der Waals surface area contributed by atoms with Crippen molar-refractivity contribution in [3.8, 4) is 5.75 Å². The summed E-state index contributed by atoms with van der Waals surface area (Å²) in [5.41, 5.74) is -1.47. The van der Waals surface area contributed by atoms with E-state index in [4.69, 9.17) is 5.11 Å². The first-order chi connectivity index (χ1) is 6.32. The van der Waals surface area contributed by atoms with Crippen LogP contribution in [0.5, 0.6) is 5.75 Å². The van der Waals surface area contributed by atoms with Crippen LogP contribution in [0.2, 0.25) is 0 Å². The molecule has 0 saturated carbocycles. The molecule has 8 heteroatoms. The molecule has 0 atom stereocenters. The summed E-state index contributed by atoms with van der Waals surface area (Å²) >= 11 is 0. The smallest absolute Gasteiger partial charge is 0.420 e. The summed E-state index contributed by atoms with van der Waals surface area (Å²) in [7, 11) is 0. The summed E-state index contributed by atoms with van der Waals surface area (Å²) in [5, 5.41) is 18.8. The first kappa shape index (κ1) is 10.2. The zero-order valence-electron chi connectivity index (χ0n) is 6.45. The average molecular weight is 208 g/mol. The third-order valence-electron chi connectivity index (χ3n) is 1.36. The molecule has 0 radical (unpaired) electrons. The monoisotopic (exact) mass is 208 g/mol. The van der Waals surface area contributed by atoms with Crippen molar-refractivity contribution in [3.05, 3.63) is 27.9 Å². The van der Waals surface area contributed by atoms with Crippen molar-refractivity contribution < 1.29 is 23.2 Å². The third kappa shape index (κ3) is 1.90. The second-order valence-electron chi connectivity index (χ2n) is 2.31. The zero-order valence-corrected chi connectivity index (χ0v) is 6.45. The molecule has 1 heterocycles. The average Bonchev–Trinajstić information content (AvgIpc) is 2.02. The first-order valence-corrected chi connectivity index (χ1v) is 3.23. The van der Waals surface area contributed by atoms with Crippen LogP contribution in [-0.2, 0) is 6.18 Å². The number of nitro groups is 1. The van der Waals surface area contributed by atoms with Crippen LogP contribution in [0, 0.1) is 10.1 Å². The van der Waals surface area contributed by atoms with Crippen molar-refractivity contribution in [2.75, 3.05) is 0 Å². The fraction of sp³-hybridized carbons (Fsp3) is 0.167. The van der Waals surface area contributed by atoms with E-state index in [2.05, 4.69) is 4.98 Å². The number of nitrogens with zero attached hydrogens (tertiary/aromatic N) is 2. The molecular formula is C6H3F3N2O3. The number of rotatable bonds is 1. The topological polar surface area (TPSA) is 76.3 Å². The van der Waals surface area contributed by atoms with E-state index in [1.165, 1.54) is 0 Å². The summed E-state index contributed by atoms with van der Waals surface area (Å²) in [5.74, 6) is -2.10. The van der Waals surface area contributed by atoms with Gasteiger partial charge in [0.15, 0.2) is 11.9 Å². The Morgan fingerprint density at radius 1 is 1.50 bits per heavy atom. The molecule has 1 rings (SSSR count). The van der Waals surface area contributed by atoms with Gasteiger partial charge in [0.05, 0.1) is 6.07 Å². The summed E-state index contributed by atoms with van der Waals surface area (Å²) in [6.07, 6.45) is -4.45. The van der Waals surface area contributed by atoms with E-state index < -0.39 is 28.2 Å². The highest BCUT2D eigenvalue weighted by atomic mass is 19.4. The SMILES string of the molecule is O=[N+]([O-])c1cc(C(F)(F)F)c(O)cn1. The maximum absolute atomic E-state index is 12.1. The molecule has 0 spiro atoms. The van der Waals surface area contributed by atoms with Crippen LogP contribution in [0.1, 0.15) is 5.56 Å². The maximum Gasteiger partial charge on any atom is 0.420 e. The van der Waals surface area contributed by atoms with Crippen molar-refractivity contribution in [1.29, 1.82) is 0 Å². The Bertz CT molecular complexity index is 377. The molecule has 76 valence electrons. The van der Waals surface area contributed by atoms with Crippen molar-refractivity contribution in [3.63, 3.8) is 0 Å². The molecule has 1 aromatic rings. The molecule has 1 aromatic heterocycles. The van der Waals surface area contributed by atoms with E-state index >= 15 is 0 Å². The molecule has 0 amide bonds. The summed E-state index contributed by atoms with van der Waals surface area (Å²) in [6, 6.07) is 0.176. The van der Waals surface area contributed by atoms with Gasteiger partial charge >= 0.3 is 12.0 Å². The highest BCUT2D eigenvalue weighted by Gasteiger charge is 2.36. The largest absolute Gasteiger partial charge is 0.504 e. The van der Waals surface area contributed by atoms with E-state index in [0.717, 1.165) is 0 Å². The van der Waals surface area contributed by atoms with E-state index in [1.807, 2.05) is 0 Å². The first-order valence-electron chi connectivity index (χ1n) is 3.23. The number of pyridine rings is 1. The zero-order chi connectivity index (χ0) is 10.9. The van der Waals surface area contributed by atoms with Gasteiger partial charge in [0.2, 0.25) is 0 Å². The van der Waals surface area contributed by atoms with Gasteiger partial charge in [-0.1, -0.05) is 0 Å². The maximum atomic E-state index is 12.1. The summed E-state index contributed by atoms with van der Waals surface area (Å²) < 4.78 is 36.2. The quantitative estimate of drug-likeness (QED) is 0.563. The Morgan fingerprint density at radius 2 is 2.07 bits per heavy atom. The van der Waals surface area contributed by atoms with Gasteiger partial charge < -0.3 is 15.2 Å². The van der Waals surface area contributed by atoms with Gasteiger partial charge in [-0.15, -0.1) is 0 Å². The lowest BCUT2D eigenvalue weighted by molar-refractivity contribution is -0.389. The Labute approximate surface area is 75.0 Å². The van der Waals surface area contributed by atoms with Crippen LogP contribution in [-0.4, -0.2) is 15.0 Å². The van der Waals surface area contributed by atoms with Crippen LogP contribution >= 0.6 is 0 Å². The number of aromatic nitrogens is 1. The lowest BCUT2D eigenvalue weighted by Gasteiger charge is -2.06. The number of aromatic hydroxyl groups is 1. The van der Waals surface area contributed by atoms with Crippen molar-refractivity contribution in [1.82, 2.24) is 4.98 Å². The molecule has 0 saturated heterocycles. The highest BCUT2D eigenvalue weighted by molar-refractivity contribution is 5.38. The molecule has 0 fully saturated rings. The van der Waals surface area contributed by atoms with Crippen molar-refractivity contribution in [2.45, 2.75) is 6.18 Å². The molecule has 0 bridgehead atoms. The molecule has 14 heavy (non-hydrogen) atoms. The Kier molecular flexibility index (Phi) is 2.28. The van der Waals surface area contributed by atoms with Gasteiger partial charge in [0, 0.05) is 0 Å². The minimum absolute atomic E-state index is 0.176. The standard InChI is InChI=1S/C6H3F3N2O3/c7-6(8,9)3-1-5(11(13)14)10-2-4(3)12/h1-2,12H. The van der Waals surface area contributed by atoms with E-state index in [9.17, 15) is 23.3 Å². The fourth-order valence-electron chi connectivity index (χ4n) is 0.764. The second-order valence-corrected chi connectivity index (χ2v) is 2.31. The Morgan fingerprint density at radius 3 is 2.50 bits per heavy atom. The minimum Gasteiger partial charge on any atom is -0.504 e. The van der Waals surface area contributed by atoms with Crippen LogP contribution in [0.15, 0.2) is 12.3 Å². The van der Waals surface area contributed by atoms with Gasteiger partial charge in [-0.25, -0.2) is 0 Å². The number of halogens is 3. The normalized spacial score (nSPS) is 11.4. The molecule has 0 aliphatic rings. The highest BCUT2D eigenvalue weighted by Crippen LogP contribution is 2.36. The number of alkyl halides is 3. The van der Waals surface area contributed by atoms with Crippen molar-refractivity contribution >= 4 is 5.82 Å². The van der Waals surface area contributed by atoms with Gasteiger partial charge in [-0.3, -0.25) is 0 Å². The number of hydrogen-bond donors (Lipinski definition) is 1. The van der Waals surface area contributed by atoms with Crippen LogP contribution in [0.4, 0.5) is 19.0 Å². The fourth-order valence-corrected chi connectivity index (χ4v) is 0.764. The Balaban J connectivity index is 3.29. The summed E-state index contributed by atoms with van der Waals surface area (Å²) in [6.45, 7) is 0. The van der Waals surface area contributed by atoms with Gasteiger partial charge in [0.1, 0.15) is 5.56 Å². The van der Waals surface area contributed by atoms with Crippen LogP contribution in [0.25, 0.3) is 0 Å². The molecule has 0 aromatic carbocycles. The van der Waals surface area contributed by atoms with Crippen LogP contribution in [0.3, 0.4) is 0 Å².